The van der Waals surface area contributed by atoms with Crippen molar-refractivity contribution in [3.63, 3.8) is 0 Å². The monoisotopic (exact) mass is 245 g/mol. The maximum atomic E-state index is 11.7. The number of hydrogen-bond donors (Lipinski definition) is 2. The van der Waals surface area contributed by atoms with Gasteiger partial charge in [-0.1, -0.05) is 18.2 Å². The zero-order chi connectivity index (χ0) is 13.5. The first-order valence-electron chi connectivity index (χ1n) is 5.58. The first-order chi connectivity index (χ1) is 8.54. The quantitative estimate of drug-likeness (QED) is 0.772. The number of carboxylic acid groups (broad SMARTS) is 1. The summed E-state index contributed by atoms with van der Waals surface area (Å²) >= 11 is 0. The zero-order valence-electron chi connectivity index (χ0n) is 10.1. The molecule has 18 heavy (non-hydrogen) atoms. The van der Waals surface area contributed by atoms with Crippen LogP contribution in [0.1, 0.15) is 29.3 Å². The van der Waals surface area contributed by atoms with Gasteiger partial charge in [0.15, 0.2) is 0 Å². The molecule has 0 aliphatic rings. The summed E-state index contributed by atoms with van der Waals surface area (Å²) in [6.45, 7) is 1.81. The summed E-state index contributed by atoms with van der Waals surface area (Å²) in [5, 5.41) is 11.7. The van der Waals surface area contributed by atoms with Crippen LogP contribution in [0.4, 0.5) is 0 Å². The number of benzene rings is 1. The fourth-order valence-corrected chi connectivity index (χ4v) is 1.61. The van der Waals surface area contributed by atoms with Crippen LogP contribution in [-0.2, 0) is 11.2 Å². The Bertz CT molecular complexity index is 488. The Balaban J connectivity index is 2.71. The van der Waals surface area contributed by atoms with Gasteiger partial charge in [-0.2, -0.15) is 0 Å². The Kier molecular flexibility index (Phi) is 4.94. The minimum Gasteiger partial charge on any atom is -0.478 e. The van der Waals surface area contributed by atoms with Gasteiger partial charge in [0.25, 0.3) is 0 Å². The number of nitrogens with one attached hydrogen (secondary N) is 1. The minimum absolute atomic E-state index is 0.0391. The smallest absolute Gasteiger partial charge is 0.335 e. The summed E-state index contributed by atoms with van der Waals surface area (Å²) in [4.78, 5) is 22.7. The van der Waals surface area contributed by atoms with Crippen LogP contribution >= 0.6 is 0 Å². The number of carbonyl (C=O) groups is 2. The van der Waals surface area contributed by atoms with Crippen LogP contribution in [0.25, 0.3) is 0 Å². The van der Waals surface area contributed by atoms with Gasteiger partial charge in [-0.3, -0.25) is 4.79 Å². The topological polar surface area (TPSA) is 66.4 Å². The van der Waals surface area contributed by atoms with Gasteiger partial charge < -0.3 is 10.4 Å². The summed E-state index contributed by atoms with van der Waals surface area (Å²) in [6, 6.07) is 6.34. The lowest BCUT2D eigenvalue weighted by Gasteiger charge is -2.11. The van der Waals surface area contributed by atoms with Crippen LogP contribution in [0.3, 0.4) is 0 Å². The van der Waals surface area contributed by atoms with Crippen molar-refractivity contribution in [2.75, 3.05) is 0 Å². The van der Waals surface area contributed by atoms with Crippen LogP contribution in [0.15, 0.2) is 24.3 Å². The van der Waals surface area contributed by atoms with E-state index in [4.69, 9.17) is 11.5 Å². The molecule has 0 spiro atoms. The maximum absolute atomic E-state index is 11.7. The molecule has 1 aromatic carbocycles. The van der Waals surface area contributed by atoms with Gasteiger partial charge in [0, 0.05) is 12.5 Å². The summed E-state index contributed by atoms with van der Waals surface area (Å²) < 4.78 is 0. The number of terminal acetylenes is 1. The van der Waals surface area contributed by atoms with Crippen molar-refractivity contribution in [2.24, 2.45) is 0 Å². The van der Waals surface area contributed by atoms with Gasteiger partial charge in [0.1, 0.15) is 0 Å². The second-order valence-corrected chi connectivity index (χ2v) is 4.02. The third-order valence-corrected chi connectivity index (χ3v) is 2.43. The first kappa shape index (κ1) is 13.8. The molecule has 4 nitrogen and oxygen atoms in total. The lowest BCUT2D eigenvalue weighted by molar-refractivity contribution is -0.121. The second kappa shape index (κ2) is 6.45. The van der Waals surface area contributed by atoms with E-state index in [0.29, 0.717) is 12.0 Å². The molecule has 0 radical (unpaired) electrons. The van der Waals surface area contributed by atoms with Crippen LogP contribution in [0.2, 0.25) is 0 Å². The van der Waals surface area contributed by atoms with Crippen molar-refractivity contribution in [3.8, 4) is 12.3 Å². The van der Waals surface area contributed by atoms with Crippen LogP contribution < -0.4 is 5.32 Å². The molecule has 0 aromatic heterocycles. The Hall–Kier alpha value is -2.28. The average molecular weight is 245 g/mol. The maximum Gasteiger partial charge on any atom is 0.335 e. The molecule has 0 aliphatic carbocycles. The largest absolute Gasteiger partial charge is 0.478 e. The van der Waals surface area contributed by atoms with Crippen molar-refractivity contribution in [2.45, 2.75) is 25.8 Å². The molecular formula is C14H15NO3. The second-order valence-electron chi connectivity index (χ2n) is 4.02. The highest BCUT2D eigenvalue weighted by Crippen LogP contribution is 2.09. The summed E-state index contributed by atoms with van der Waals surface area (Å²) in [7, 11) is 0. The number of carbonyl (C=O) groups excluding carboxylic acids is 1. The van der Waals surface area contributed by atoms with E-state index in [1.807, 2.05) is 0 Å². The molecule has 0 saturated carbocycles. The average Bonchev–Trinajstić information content (AvgIpc) is 2.29. The van der Waals surface area contributed by atoms with E-state index >= 15 is 0 Å². The van der Waals surface area contributed by atoms with E-state index in [0.717, 1.165) is 0 Å². The molecule has 4 heteroatoms. The molecule has 0 aliphatic heterocycles. The molecule has 1 unspecified atom stereocenters. The van der Waals surface area contributed by atoms with Crippen molar-refractivity contribution in [1.82, 2.24) is 5.32 Å². The molecule has 1 rings (SSSR count). The molecule has 0 heterocycles. The highest BCUT2D eigenvalue weighted by atomic mass is 16.4. The number of rotatable bonds is 5. The molecule has 1 amide bonds. The van der Waals surface area contributed by atoms with E-state index < -0.39 is 5.97 Å². The Morgan fingerprint density at radius 3 is 2.72 bits per heavy atom. The van der Waals surface area contributed by atoms with E-state index in [2.05, 4.69) is 11.2 Å². The molecule has 0 bridgehead atoms. The fourth-order valence-electron chi connectivity index (χ4n) is 1.61. The van der Waals surface area contributed by atoms with Gasteiger partial charge in [-0.25, -0.2) is 4.79 Å². The summed E-state index contributed by atoms with van der Waals surface area (Å²) in [5.74, 6) is 1.19. The Labute approximate surface area is 106 Å². The van der Waals surface area contributed by atoms with E-state index in [-0.39, 0.29) is 23.9 Å². The number of amides is 1. The Morgan fingerprint density at radius 1 is 1.44 bits per heavy atom. The third-order valence-electron chi connectivity index (χ3n) is 2.43. The lowest BCUT2D eigenvalue weighted by Crippen LogP contribution is -2.33. The Morgan fingerprint density at radius 2 is 2.11 bits per heavy atom. The zero-order valence-corrected chi connectivity index (χ0v) is 10.1. The first-order valence-corrected chi connectivity index (χ1v) is 5.58. The van der Waals surface area contributed by atoms with Gasteiger partial charge in [-0.05, 0) is 18.6 Å². The normalized spacial score (nSPS) is 11.3. The predicted octanol–water partition coefficient (Wildman–Crippen LogP) is 1.46. The lowest BCUT2D eigenvalue weighted by atomic mass is 10.0. The molecule has 94 valence electrons. The van der Waals surface area contributed by atoms with Crippen molar-refractivity contribution >= 4 is 11.9 Å². The van der Waals surface area contributed by atoms with E-state index in [1.165, 1.54) is 6.07 Å². The van der Waals surface area contributed by atoms with Crippen molar-refractivity contribution in [1.29, 1.82) is 0 Å². The van der Waals surface area contributed by atoms with Crippen LogP contribution in [0, 0.1) is 12.3 Å². The molecular weight excluding hydrogens is 230 g/mol. The van der Waals surface area contributed by atoms with Crippen LogP contribution in [-0.4, -0.2) is 23.0 Å². The van der Waals surface area contributed by atoms with Gasteiger partial charge >= 0.3 is 5.97 Å². The highest BCUT2D eigenvalue weighted by Gasteiger charge is 2.13. The SMILES string of the molecule is C#CCC(C)NC(=O)Cc1ccccc1C(=O)O. The highest BCUT2D eigenvalue weighted by molar-refractivity contribution is 5.91. The summed E-state index contributed by atoms with van der Waals surface area (Å²) in [5.41, 5.74) is 0.646. The molecule has 1 atom stereocenters. The molecule has 0 saturated heterocycles. The van der Waals surface area contributed by atoms with Gasteiger partial charge in [-0.15, -0.1) is 12.3 Å². The van der Waals surface area contributed by atoms with Gasteiger partial charge in [0.05, 0.1) is 12.0 Å². The number of carboxylic acids is 1. The predicted molar refractivity (Wildman–Crippen MR) is 68.2 cm³/mol. The van der Waals surface area contributed by atoms with E-state index in [1.54, 1.807) is 25.1 Å². The molecule has 2 N–H and O–H groups in total. The van der Waals surface area contributed by atoms with E-state index in [9.17, 15) is 9.59 Å². The standard InChI is InChI=1S/C14H15NO3/c1-3-6-10(2)15-13(16)9-11-7-4-5-8-12(11)14(17)18/h1,4-5,7-8,10H,6,9H2,2H3,(H,15,16)(H,17,18). The summed E-state index contributed by atoms with van der Waals surface area (Å²) in [6.07, 6.45) is 5.63. The minimum atomic E-state index is -1.03. The molecule has 1 aromatic rings. The number of hydrogen-bond acceptors (Lipinski definition) is 2. The van der Waals surface area contributed by atoms with Crippen molar-refractivity contribution < 1.29 is 14.7 Å². The van der Waals surface area contributed by atoms with Gasteiger partial charge in [0.2, 0.25) is 5.91 Å². The fraction of sp³-hybridized carbons (Fsp3) is 0.286. The van der Waals surface area contributed by atoms with Crippen LogP contribution in [0.5, 0.6) is 0 Å². The molecule has 0 fully saturated rings. The number of aromatic carboxylic acids is 1. The third kappa shape index (κ3) is 3.95. The van der Waals surface area contributed by atoms with Crippen molar-refractivity contribution in [3.05, 3.63) is 35.4 Å².